The Morgan fingerprint density at radius 2 is 1.83 bits per heavy atom. The summed E-state index contributed by atoms with van der Waals surface area (Å²) >= 11 is 1.59. The molecule has 0 aliphatic rings. The van der Waals surface area contributed by atoms with Crippen molar-refractivity contribution in [2.24, 2.45) is 5.92 Å². The second kappa shape index (κ2) is 22.9. The molecule has 0 saturated carbocycles. The Hall–Kier alpha value is -0.116. The molecule has 0 aliphatic carbocycles. The molecule has 0 radical (unpaired) electrons. The Morgan fingerprint density at radius 1 is 1.25 bits per heavy atom. The molecule has 1 aromatic heterocycles. The standard InChI is InChI=1S/C12H17O2.C4H3S.CN.Cu.2Li/c1-10(2)8-14-9-11-4-6-12(13-3)7-5-11;1-2-4-5-3-1;1-2;;;/h4-7,10H,1,8-9H2,2-3H3;1-3H;;;;/q3*-1;3*+1/t10-;;;;;/m0...../s1. The summed E-state index contributed by atoms with van der Waals surface area (Å²) in [6, 6.07) is 11.7. The maximum absolute atomic E-state index is 6.25. The predicted octanol–water partition coefficient (Wildman–Crippen LogP) is -1.67. The van der Waals surface area contributed by atoms with Crippen LogP contribution < -0.4 is 42.5 Å². The van der Waals surface area contributed by atoms with E-state index in [4.69, 9.17) is 21.3 Å². The summed E-state index contributed by atoms with van der Waals surface area (Å²) in [6.07, 6.45) is 0. The number of ether oxygens (including phenoxy) is 2. The quantitative estimate of drug-likeness (QED) is 0.461. The average molecular weight is 380 g/mol. The van der Waals surface area contributed by atoms with Gasteiger partial charge >= 0.3 is 54.8 Å². The molecule has 2 rings (SSSR count). The van der Waals surface area contributed by atoms with Crippen LogP contribution in [0.4, 0.5) is 0 Å². The van der Waals surface area contributed by atoms with E-state index in [0.29, 0.717) is 19.1 Å². The fourth-order valence-corrected chi connectivity index (χ4v) is 1.69. The Kier molecular flexibility index (Phi) is 30.2. The maximum Gasteiger partial charge on any atom is 1.00 e. The second-order valence-electron chi connectivity index (χ2n) is 4.20. The molecule has 1 atom stereocenters. The largest absolute Gasteiger partial charge is 1.00 e. The van der Waals surface area contributed by atoms with E-state index in [1.807, 2.05) is 48.7 Å². The van der Waals surface area contributed by atoms with Crippen LogP contribution in [-0.2, 0) is 28.4 Å². The number of rotatable bonds is 5. The van der Waals surface area contributed by atoms with Crippen LogP contribution in [0.1, 0.15) is 12.5 Å². The summed E-state index contributed by atoms with van der Waals surface area (Å²) < 4.78 is 10.5. The minimum Gasteiger partial charge on any atom is -0.512 e. The Balaban J connectivity index is -0.000000171. The van der Waals surface area contributed by atoms with Crippen molar-refractivity contribution in [2.75, 3.05) is 13.7 Å². The van der Waals surface area contributed by atoms with Gasteiger partial charge in [0.25, 0.3) is 0 Å². The van der Waals surface area contributed by atoms with E-state index in [9.17, 15) is 0 Å². The molecule has 24 heavy (non-hydrogen) atoms. The molecule has 0 fully saturated rings. The molecule has 0 N–H and O–H groups in total. The fourth-order valence-electron chi connectivity index (χ4n) is 1.30. The predicted molar refractivity (Wildman–Crippen MR) is 85.3 cm³/mol. The number of methoxy groups -OCH3 is 1. The van der Waals surface area contributed by atoms with Crippen LogP contribution in [0.2, 0.25) is 0 Å². The van der Waals surface area contributed by atoms with E-state index in [-0.39, 0.29) is 54.8 Å². The van der Waals surface area contributed by atoms with Gasteiger partial charge < -0.3 is 39.6 Å². The van der Waals surface area contributed by atoms with E-state index in [1.54, 1.807) is 18.4 Å². The van der Waals surface area contributed by atoms with Crippen LogP contribution in [0.5, 0.6) is 5.75 Å². The topological polar surface area (TPSA) is 42.2 Å². The summed E-state index contributed by atoms with van der Waals surface area (Å²) in [5.74, 6) is 1.22. The van der Waals surface area contributed by atoms with Crippen LogP contribution in [-0.4, -0.2) is 13.7 Å². The molecule has 1 aromatic carbocycles. The van der Waals surface area contributed by atoms with E-state index < -0.39 is 0 Å². The first kappa shape index (κ1) is 31.6. The van der Waals surface area contributed by atoms with Crippen molar-refractivity contribution in [3.8, 4) is 5.75 Å². The number of thiophene rings is 1. The molecule has 124 valence electrons. The van der Waals surface area contributed by atoms with Gasteiger partial charge in [0.15, 0.2) is 0 Å². The zero-order valence-electron chi connectivity index (χ0n) is 14.7. The molecule has 0 aliphatic heterocycles. The van der Waals surface area contributed by atoms with Gasteiger partial charge in [-0.3, -0.25) is 0 Å². The zero-order chi connectivity index (χ0) is 15.9. The van der Waals surface area contributed by atoms with Gasteiger partial charge in [0, 0.05) is 6.61 Å². The minimum absolute atomic E-state index is 0. The van der Waals surface area contributed by atoms with Crippen LogP contribution in [0, 0.1) is 30.1 Å². The third-order valence-corrected chi connectivity index (χ3v) is 2.77. The normalized spacial score (nSPS) is 9.04. The van der Waals surface area contributed by atoms with E-state index in [0.717, 1.165) is 11.3 Å². The molecule has 7 heteroatoms. The smallest absolute Gasteiger partial charge is 0.512 e. The van der Waals surface area contributed by atoms with Crippen molar-refractivity contribution in [2.45, 2.75) is 13.5 Å². The van der Waals surface area contributed by atoms with E-state index in [2.05, 4.69) is 12.3 Å². The van der Waals surface area contributed by atoms with Crippen LogP contribution in [0.25, 0.3) is 0 Å². The Morgan fingerprint density at radius 3 is 2.17 bits per heavy atom. The summed E-state index contributed by atoms with van der Waals surface area (Å²) in [5.41, 5.74) is 1.16. The van der Waals surface area contributed by atoms with Gasteiger partial charge in [-0.15, -0.1) is 11.3 Å². The fraction of sp³-hybridized carbons (Fsp3) is 0.294. The first-order chi connectivity index (χ1) is 10.2. The molecule has 1 heterocycles. The van der Waals surface area contributed by atoms with Crippen LogP contribution in [0.3, 0.4) is 0 Å². The maximum atomic E-state index is 6.25. The van der Waals surface area contributed by atoms with Gasteiger partial charge in [0.2, 0.25) is 0 Å². The molecule has 3 nitrogen and oxygen atoms in total. The molecular formula is C17H20CuLi2NO2S. The van der Waals surface area contributed by atoms with Crippen molar-refractivity contribution in [1.82, 2.24) is 0 Å². The molecule has 0 bridgehead atoms. The number of benzene rings is 1. The van der Waals surface area contributed by atoms with Crippen LogP contribution in [0.15, 0.2) is 41.8 Å². The molecule has 0 saturated heterocycles. The second-order valence-corrected chi connectivity index (χ2v) is 4.94. The average Bonchev–Trinajstić information content (AvgIpc) is 3.09. The monoisotopic (exact) mass is 379 g/mol. The number of hydrogen-bond donors (Lipinski definition) is 0. The summed E-state index contributed by atoms with van der Waals surface area (Å²) in [7, 11) is 1.66. The van der Waals surface area contributed by atoms with Crippen LogP contribution >= 0.6 is 11.3 Å². The van der Waals surface area contributed by atoms with Gasteiger partial charge in [-0.05, 0) is 17.7 Å². The number of hydrogen-bond acceptors (Lipinski definition) is 4. The zero-order valence-corrected chi connectivity index (χ0v) is 16.5. The summed E-state index contributed by atoms with van der Waals surface area (Å²) in [6.45, 7) is 12.0. The van der Waals surface area contributed by atoms with Crippen molar-refractivity contribution in [3.63, 3.8) is 0 Å². The SMILES string of the molecule is [C-]#N.[CH2-][C@@H](C)COCc1ccc(OC)cc1.[Cu+].[Li+].[Li+].[c-]1cccs1. The molecular weight excluding hydrogens is 360 g/mol. The molecule has 0 spiro atoms. The molecule has 0 amide bonds. The van der Waals surface area contributed by atoms with Crippen molar-refractivity contribution in [1.29, 1.82) is 5.26 Å². The Bertz CT molecular complexity index is 448. The molecule has 2 aromatic rings. The van der Waals surface area contributed by atoms with Crippen molar-refractivity contribution < 1.29 is 64.3 Å². The minimum atomic E-state index is 0. The third-order valence-electron chi connectivity index (χ3n) is 2.21. The van der Waals surface area contributed by atoms with Crippen molar-refractivity contribution in [3.05, 3.63) is 66.2 Å². The van der Waals surface area contributed by atoms with Gasteiger partial charge in [-0.1, -0.05) is 19.1 Å². The summed E-state index contributed by atoms with van der Waals surface area (Å²) in [5, 5.41) is 11.1. The first-order valence-corrected chi connectivity index (χ1v) is 7.26. The van der Waals surface area contributed by atoms with Crippen molar-refractivity contribution >= 4 is 11.3 Å². The van der Waals surface area contributed by atoms with Gasteiger partial charge in [-0.2, -0.15) is 11.4 Å². The van der Waals surface area contributed by atoms with Gasteiger partial charge in [0.05, 0.1) is 13.7 Å². The molecule has 0 unspecified atom stereocenters. The summed E-state index contributed by atoms with van der Waals surface area (Å²) in [4.78, 5) is 0. The third kappa shape index (κ3) is 18.2. The van der Waals surface area contributed by atoms with E-state index >= 15 is 0 Å². The van der Waals surface area contributed by atoms with Gasteiger partial charge in [-0.25, -0.2) is 6.07 Å². The Labute approximate surface area is 185 Å². The van der Waals surface area contributed by atoms with Gasteiger partial charge in [0.1, 0.15) is 5.75 Å². The first-order valence-electron chi connectivity index (χ1n) is 6.38. The van der Waals surface area contributed by atoms with E-state index in [1.165, 1.54) is 0 Å². The number of nitrogens with zero attached hydrogens (tertiary/aromatic N) is 1.